The van der Waals surface area contributed by atoms with Gasteiger partial charge in [0, 0.05) is 12.8 Å². The molecule has 0 aromatic heterocycles. The summed E-state index contributed by atoms with van der Waals surface area (Å²) in [6.45, 7) is 7.85. The SMILES string of the molecule is CCC(CC)C(C#N)(c1cccc(C)c1)[C@H]1CCC[C@@H]1OC(C)=O. The third kappa shape index (κ3) is 3.34. The average Bonchev–Trinajstić information content (AvgIpc) is 3.00. The third-order valence-electron chi connectivity index (χ3n) is 5.67. The van der Waals surface area contributed by atoms with E-state index in [9.17, 15) is 10.1 Å². The minimum absolute atomic E-state index is 0.0677. The van der Waals surface area contributed by atoms with Crippen molar-refractivity contribution in [2.75, 3.05) is 0 Å². The van der Waals surface area contributed by atoms with Crippen LogP contribution in [0.15, 0.2) is 24.3 Å². The lowest BCUT2D eigenvalue weighted by molar-refractivity contribution is -0.149. The number of nitrogens with zero attached hydrogens (tertiary/aromatic N) is 1. The van der Waals surface area contributed by atoms with E-state index in [1.165, 1.54) is 12.5 Å². The summed E-state index contributed by atoms with van der Waals surface area (Å²) >= 11 is 0. The minimum Gasteiger partial charge on any atom is -0.462 e. The van der Waals surface area contributed by atoms with Crippen molar-refractivity contribution < 1.29 is 9.53 Å². The molecule has 3 atom stereocenters. The molecule has 130 valence electrons. The van der Waals surface area contributed by atoms with Gasteiger partial charge >= 0.3 is 5.97 Å². The molecular formula is C21H29NO2. The number of ether oxygens (including phenoxy) is 1. The predicted molar refractivity (Wildman–Crippen MR) is 95.4 cm³/mol. The monoisotopic (exact) mass is 327 g/mol. The number of esters is 1. The molecule has 0 radical (unpaired) electrons. The molecule has 0 spiro atoms. The van der Waals surface area contributed by atoms with Crippen molar-refractivity contribution in [2.45, 2.75) is 71.3 Å². The first-order valence-corrected chi connectivity index (χ1v) is 9.15. The summed E-state index contributed by atoms with van der Waals surface area (Å²) in [6, 6.07) is 11.0. The van der Waals surface area contributed by atoms with Gasteiger partial charge < -0.3 is 4.74 Å². The third-order valence-corrected chi connectivity index (χ3v) is 5.67. The zero-order chi connectivity index (χ0) is 17.7. The van der Waals surface area contributed by atoms with Crippen LogP contribution in [0.5, 0.6) is 0 Å². The standard InChI is InChI=1S/C21H29NO2/c1-5-17(6-2)21(14-22,18-10-7-9-15(3)13-18)19-11-8-12-20(19)24-16(4)23/h7,9-10,13,17,19-20H,5-6,8,11-12H2,1-4H3/t19-,20-,21?/m0/s1. The molecule has 0 N–H and O–H groups in total. The average molecular weight is 327 g/mol. The Kier molecular flexibility index (Phi) is 6.04. The van der Waals surface area contributed by atoms with Crippen molar-refractivity contribution in [3.05, 3.63) is 35.4 Å². The van der Waals surface area contributed by atoms with Crippen LogP contribution in [0.1, 0.15) is 64.0 Å². The Morgan fingerprint density at radius 2 is 2.08 bits per heavy atom. The van der Waals surface area contributed by atoms with Crippen molar-refractivity contribution in [1.29, 1.82) is 5.26 Å². The Hall–Kier alpha value is -1.82. The maximum absolute atomic E-state index is 11.6. The van der Waals surface area contributed by atoms with E-state index in [-0.39, 0.29) is 23.9 Å². The van der Waals surface area contributed by atoms with Crippen molar-refractivity contribution in [3.63, 3.8) is 0 Å². The number of benzene rings is 1. The normalized spacial score (nSPS) is 22.8. The van der Waals surface area contributed by atoms with Crippen LogP contribution in [0.3, 0.4) is 0 Å². The number of hydrogen-bond acceptors (Lipinski definition) is 3. The van der Waals surface area contributed by atoms with E-state index < -0.39 is 5.41 Å². The lowest BCUT2D eigenvalue weighted by Crippen LogP contribution is -2.45. The number of nitriles is 1. The van der Waals surface area contributed by atoms with Crippen molar-refractivity contribution in [2.24, 2.45) is 11.8 Å². The molecule has 1 aromatic carbocycles. The van der Waals surface area contributed by atoms with E-state index in [1.807, 2.05) is 6.07 Å². The van der Waals surface area contributed by atoms with Crippen LogP contribution in [0, 0.1) is 30.1 Å². The van der Waals surface area contributed by atoms with E-state index in [1.54, 1.807) is 0 Å². The van der Waals surface area contributed by atoms with Gasteiger partial charge in [0.25, 0.3) is 0 Å². The minimum atomic E-state index is -0.591. The first kappa shape index (κ1) is 18.5. The highest BCUT2D eigenvalue weighted by Crippen LogP contribution is 2.50. The molecule has 3 nitrogen and oxygen atoms in total. The molecule has 0 amide bonds. The molecule has 0 aliphatic heterocycles. The molecule has 1 fully saturated rings. The summed E-state index contributed by atoms with van der Waals surface area (Å²) in [5.41, 5.74) is 1.66. The van der Waals surface area contributed by atoms with Crippen LogP contribution in [0.25, 0.3) is 0 Å². The Bertz CT molecular complexity index is 615. The highest BCUT2D eigenvalue weighted by molar-refractivity contribution is 5.66. The summed E-state index contributed by atoms with van der Waals surface area (Å²) < 4.78 is 5.63. The molecule has 0 saturated heterocycles. The van der Waals surface area contributed by atoms with E-state index in [0.29, 0.717) is 0 Å². The largest absolute Gasteiger partial charge is 0.462 e. The first-order valence-electron chi connectivity index (χ1n) is 9.15. The van der Waals surface area contributed by atoms with Crippen molar-refractivity contribution in [3.8, 4) is 6.07 Å². The van der Waals surface area contributed by atoms with E-state index >= 15 is 0 Å². The molecule has 1 aromatic rings. The van der Waals surface area contributed by atoms with E-state index in [4.69, 9.17) is 4.74 Å². The molecule has 24 heavy (non-hydrogen) atoms. The van der Waals surface area contributed by atoms with Gasteiger partial charge in [-0.3, -0.25) is 4.79 Å². The maximum atomic E-state index is 11.6. The molecule has 1 aliphatic rings. The van der Waals surface area contributed by atoms with Gasteiger partial charge in [0.15, 0.2) is 0 Å². The second-order valence-electron chi connectivity index (χ2n) is 7.05. The van der Waals surface area contributed by atoms with Gasteiger partial charge in [-0.15, -0.1) is 0 Å². The van der Waals surface area contributed by atoms with Gasteiger partial charge in [-0.05, 0) is 37.7 Å². The molecule has 0 bridgehead atoms. The fraction of sp³-hybridized carbons (Fsp3) is 0.619. The van der Waals surface area contributed by atoms with Crippen LogP contribution in [-0.4, -0.2) is 12.1 Å². The fourth-order valence-corrected chi connectivity index (χ4v) is 4.63. The Morgan fingerprint density at radius 1 is 1.38 bits per heavy atom. The van der Waals surface area contributed by atoms with Gasteiger partial charge in [-0.25, -0.2) is 0 Å². The van der Waals surface area contributed by atoms with Crippen LogP contribution in [0.4, 0.5) is 0 Å². The Morgan fingerprint density at radius 3 is 2.62 bits per heavy atom. The lowest BCUT2D eigenvalue weighted by Gasteiger charge is -2.42. The second kappa shape index (κ2) is 7.83. The summed E-state index contributed by atoms with van der Waals surface area (Å²) in [7, 11) is 0. The Labute approximate surface area is 146 Å². The smallest absolute Gasteiger partial charge is 0.302 e. The molecule has 3 heteroatoms. The van der Waals surface area contributed by atoms with Crippen LogP contribution < -0.4 is 0 Å². The maximum Gasteiger partial charge on any atom is 0.302 e. The van der Waals surface area contributed by atoms with Gasteiger partial charge in [0.1, 0.15) is 6.10 Å². The number of aryl methyl sites for hydroxylation is 1. The number of rotatable bonds is 6. The van der Waals surface area contributed by atoms with Gasteiger partial charge in [-0.1, -0.05) is 56.5 Å². The topological polar surface area (TPSA) is 50.1 Å². The lowest BCUT2D eigenvalue weighted by atomic mass is 9.60. The molecule has 1 aliphatic carbocycles. The highest BCUT2D eigenvalue weighted by Gasteiger charge is 2.51. The van der Waals surface area contributed by atoms with Crippen LogP contribution >= 0.6 is 0 Å². The molecule has 0 heterocycles. The van der Waals surface area contributed by atoms with Crippen LogP contribution in [-0.2, 0) is 14.9 Å². The molecule has 1 saturated carbocycles. The van der Waals surface area contributed by atoms with E-state index in [2.05, 4.69) is 45.0 Å². The number of carbonyl (C=O) groups is 1. The summed E-state index contributed by atoms with van der Waals surface area (Å²) in [4.78, 5) is 11.6. The van der Waals surface area contributed by atoms with Gasteiger partial charge in [-0.2, -0.15) is 5.26 Å². The first-order chi connectivity index (χ1) is 11.5. The molecule has 1 unspecified atom stereocenters. The fourth-order valence-electron chi connectivity index (χ4n) is 4.63. The second-order valence-corrected chi connectivity index (χ2v) is 7.05. The quantitative estimate of drug-likeness (QED) is 0.696. The van der Waals surface area contributed by atoms with Crippen molar-refractivity contribution in [1.82, 2.24) is 0 Å². The summed E-state index contributed by atoms with van der Waals surface area (Å²) in [6.07, 6.45) is 4.55. The van der Waals surface area contributed by atoms with Crippen LogP contribution in [0.2, 0.25) is 0 Å². The molecule has 2 rings (SSSR count). The van der Waals surface area contributed by atoms with Gasteiger partial charge in [0.05, 0.1) is 11.5 Å². The summed E-state index contributed by atoms with van der Waals surface area (Å²) in [5, 5.41) is 10.4. The molecular weight excluding hydrogens is 298 g/mol. The zero-order valence-electron chi connectivity index (χ0n) is 15.3. The van der Waals surface area contributed by atoms with Crippen molar-refractivity contribution >= 4 is 5.97 Å². The summed E-state index contributed by atoms with van der Waals surface area (Å²) in [5.74, 6) is 0.0797. The predicted octanol–water partition coefficient (Wildman–Crippen LogP) is 4.92. The Balaban J connectivity index is 2.57. The number of carbonyl (C=O) groups excluding carboxylic acids is 1. The highest BCUT2D eigenvalue weighted by atomic mass is 16.5. The van der Waals surface area contributed by atoms with E-state index in [0.717, 1.165) is 37.7 Å². The zero-order valence-corrected chi connectivity index (χ0v) is 15.3. The number of hydrogen-bond donors (Lipinski definition) is 0. The van der Waals surface area contributed by atoms with Gasteiger partial charge in [0.2, 0.25) is 0 Å².